The molecule has 106 valence electrons. The number of rotatable bonds is 7. The van der Waals surface area contributed by atoms with E-state index in [1.165, 1.54) is 5.56 Å². The van der Waals surface area contributed by atoms with Gasteiger partial charge < -0.3 is 15.0 Å². The van der Waals surface area contributed by atoms with Gasteiger partial charge >= 0.3 is 0 Å². The fourth-order valence-electron chi connectivity index (χ4n) is 2.36. The molecule has 2 rings (SSSR count). The highest BCUT2D eigenvalue weighted by atomic mass is 32.1. The van der Waals surface area contributed by atoms with Gasteiger partial charge in [0, 0.05) is 26.6 Å². The van der Waals surface area contributed by atoms with Crippen molar-refractivity contribution in [2.75, 3.05) is 33.4 Å². The smallest absolute Gasteiger partial charge is 0.223 e. The number of thiophene rings is 1. The molecule has 2 heterocycles. The van der Waals surface area contributed by atoms with Gasteiger partial charge in [0.25, 0.3) is 0 Å². The third-order valence-corrected chi connectivity index (χ3v) is 4.23. The van der Waals surface area contributed by atoms with Crippen molar-refractivity contribution in [1.29, 1.82) is 0 Å². The molecule has 1 aromatic heterocycles. The summed E-state index contributed by atoms with van der Waals surface area (Å²) < 4.78 is 5.11. The minimum absolute atomic E-state index is 0.247. The Balaban J connectivity index is 1.89. The van der Waals surface area contributed by atoms with Crippen molar-refractivity contribution < 1.29 is 9.53 Å². The summed E-state index contributed by atoms with van der Waals surface area (Å²) in [6.07, 6.45) is 1.77. The summed E-state index contributed by atoms with van der Waals surface area (Å²) in [6, 6.07) is 2.08. The van der Waals surface area contributed by atoms with Crippen LogP contribution >= 0.6 is 11.3 Å². The highest BCUT2D eigenvalue weighted by Gasteiger charge is 2.22. The summed E-state index contributed by atoms with van der Waals surface area (Å²) >= 11 is 1.67. The molecule has 1 atom stereocenters. The molecular formula is C14H22N2O2S. The standard InChI is InChI=1S/C14H22N2O2S/c1-18-6-5-16(10-13-3-7-19-11-13)14(17)8-12-2-4-15-9-12/h3,7,11-12,15H,2,4-6,8-10H2,1H3. The van der Waals surface area contributed by atoms with Crippen LogP contribution < -0.4 is 5.32 Å². The molecule has 0 saturated carbocycles. The number of nitrogens with zero attached hydrogens (tertiary/aromatic N) is 1. The molecule has 0 aliphatic carbocycles. The quantitative estimate of drug-likeness (QED) is 0.828. The predicted molar refractivity (Wildman–Crippen MR) is 77.2 cm³/mol. The Morgan fingerprint density at radius 2 is 2.53 bits per heavy atom. The van der Waals surface area contributed by atoms with Gasteiger partial charge in [0.2, 0.25) is 5.91 Å². The number of nitrogens with one attached hydrogen (secondary N) is 1. The number of ether oxygens (including phenoxy) is 1. The number of methoxy groups -OCH3 is 1. The largest absolute Gasteiger partial charge is 0.383 e. The predicted octanol–water partition coefficient (Wildman–Crippen LogP) is 1.72. The SMILES string of the molecule is COCCN(Cc1ccsc1)C(=O)CC1CCNC1. The average Bonchev–Trinajstić information content (AvgIpc) is 3.07. The van der Waals surface area contributed by atoms with Crippen LogP contribution in [0.25, 0.3) is 0 Å². The molecule has 1 aliphatic heterocycles. The van der Waals surface area contributed by atoms with Crippen molar-refractivity contribution in [1.82, 2.24) is 10.2 Å². The van der Waals surface area contributed by atoms with E-state index in [9.17, 15) is 4.79 Å². The topological polar surface area (TPSA) is 41.6 Å². The van der Waals surface area contributed by atoms with Crippen LogP contribution in [0.15, 0.2) is 16.8 Å². The molecule has 4 nitrogen and oxygen atoms in total. The second-order valence-corrected chi connectivity index (χ2v) is 5.78. The highest BCUT2D eigenvalue weighted by Crippen LogP contribution is 2.16. The monoisotopic (exact) mass is 282 g/mol. The molecule has 1 saturated heterocycles. The fourth-order valence-corrected chi connectivity index (χ4v) is 3.02. The molecule has 1 aromatic rings. The van der Waals surface area contributed by atoms with Gasteiger partial charge in [-0.15, -0.1) is 0 Å². The molecule has 1 amide bonds. The Morgan fingerprint density at radius 3 is 3.16 bits per heavy atom. The Morgan fingerprint density at radius 1 is 1.63 bits per heavy atom. The molecule has 0 spiro atoms. The molecule has 0 radical (unpaired) electrons. The van der Waals surface area contributed by atoms with Crippen molar-refractivity contribution in [2.24, 2.45) is 5.92 Å². The zero-order valence-electron chi connectivity index (χ0n) is 11.4. The molecule has 5 heteroatoms. The van der Waals surface area contributed by atoms with E-state index in [2.05, 4.69) is 22.1 Å². The Bertz CT molecular complexity index is 375. The summed E-state index contributed by atoms with van der Waals surface area (Å²) in [7, 11) is 1.67. The maximum atomic E-state index is 12.4. The third kappa shape index (κ3) is 4.60. The first kappa shape index (κ1) is 14.5. The lowest BCUT2D eigenvalue weighted by atomic mass is 10.0. The van der Waals surface area contributed by atoms with E-state index in [0.29, 0.717) is 32.0 Å². The second-order valence-electron chi connectivity index (χ2n) is 5.00. The maximum absolute atomic E-state index is 12.4. The van der Waals surface area contributed by atoms with Gasteiger partial charge in [-0.1, -0.05) is 0 Å². The van der Waals surface area contributed by atoms with Gasteiger partial charge in [-0.25, -0.2) is 0 Å². The zero-order chi connectivity index (χ0) is 13.5. The van der Waals surface area contributed by atoms with Crippen LogP contribution in [0.2, 0.25) is 0 Å². The highest BCUT2D eigenvalue weighted by molar-refractivity contribution is 7.07. The van der Waals surface area contributed by atoms with Crippen LogP contribution in [0.3, 0.4) is 0 Å². The van der Waals surface area contributed by atoms with Crippen LogP contribution in [-0.4, -0.2) is 44.2 Å². The molecule has 1 aliphatic rings. The number of hydrogen-bond acceptors (Lipinski definition) is 4. The van der Waals surface area contributed by atoms with E-state index in [1.807, 2.05) is 4.90 Å². The van der Waals surface area contributed by atoms with E-state index >= 15 is 0 Å². The average molecular weight is 282 g/mol. The fraction of sp³-hybridized carbons (Fsp3) is 0.643. The summed E-state index contributed by atoms with van der Waals surface area (Å²) in [5, 5.41) is 7.46. The summed E-state index contributed by atoms with van der Waals surface area (Å²) in [4.78, 5) is 14.3. The van der Waals surface area contributed by atoms with Crippen molar-refractivity contribution >= 4 is 17.2 Å². The normalized spacial score (nSPS) is 18.7. The van der Waals surface area contributed by atoms with Crippen molar-refractivity contribution in [2.45, 2.75) is 19.4 Å². The number of hydrogen-bond donors (Lipinski definition) is 1. The first-order valence-corrected chi connectivity index (χ1v) is 7.72. The van der Waals surface area contributed by atoms with Crippen molar-refractivity contribution in [3.63, 3.8) is 0 Å². The van der Waals surface area contributed by atoms with E-state index in [-0.39, 0.29) is 5.91 Å². The molecule has 19 heavy (non-hydrogen) atoms. The lowest BCUT2D eigenvalue weighted by Crippen LogP contribution is -2.34. The van der Waals surface area contributed by atoms with E-state index in [1.54, 1.807) is 18.4 Å². The number of carbonyl (C=O) groups excluding carboxylic acids is 1. The lowest BCUT2D eigenvalue weighted by Gasteiger charge is -2.23. The van der Waals surface area contributed by atoms with Crippen molar-refractivity contribution in [3.8, 4) is 0 Å². The number of amides is 1. The zero-order valence-corrected chi connectivity index (χ0v) is 12.2. The Kier molecular flexibility index (Phi) is 5.82. The molecular weight excluding hydrogens is 260 g/mol. The first-order valence-electron chi connectivity index (χ1n) is 6.78. The van der Waals surface area contributed by atoms with Gasteiger partial charge in [-0.2, -0.15) is 11.3 Å². The van der Waals surface area contributed by atoms with Crippen LogP contribution in [0.5, 0.6) is 0 Å². The van der Waals surface area contributed by atoms with Crippen LogP contribution in [-0.2, 0) is 16.1 Å². The molecule has 1 unspecified atom stereocenters. The Labute approximate surface area is 118 Å². The minimum Gasteiger partial charge on any atom is -0.383 e. The second kappa shape index (κ2) is 7.62. The van der Waals surface area contributed by atoms with Crippen molar-refractivity contribution in [3.05, 3.63) is 22.4 Å². The lowest BCUT2D eigenvalue weighted by molar-refractivity contribution is -0.133. The van der Waals surface area contributed by atoms with Crippen LogP contribution in [0.4, 0.5) is 0 Å². The molecule has 0 bridgehead atoms. The first-order chi connectivity index (χ1) is 9.29. The Hall–Kier alpha value is -0.910. The summed E-state index contributed by atoms with van der Waals surface area (Å²) in [5.41, 5.74) is 1.21. The molecule has 0 aromatic carbocycles. The molecule has 1 fully saturated rings. The van der Waals surface area contributed by atoms with Gasteiger partial charge in [-0.3, -0.25) is 4.79 Å². The summed E-state index contributed by atoms with van der Waals surface area (Å²) in [6.45, 7) is 3.98. The van der Waals surface area contributed by atoms with Gasteiger partial charge in [0.15, 0.2) is 0 Å². The third-order valence-electron chi connectivity index (χ3n) is 3.50. The minimum atomic E-state index is 0.247. The maximum Gasteiger partial charge on any atom is 0.223 e. The van der Waals surface area contributed by atoms with E-state index < -0.39 is 0 Å². The van der Waals surface area contributed by atoms with E-state index in [0.717, 1.165) is 19.5 Å². The van der Waals surface area contributed by atoms with Gasteiger partial charge in [-0.05, 0) is 47.8 Å². The van der Waals surface area contributed by atoms with Crippen LogP contribution in [0.1, 0.15) is 18.4 Å². The molecule has 1 N–H and O–H groups in total. The van der Waals surface area contributed by atoms with E-state index in [4.69, 9.17) is 4.74 Å². The van der Waals surface area contributed by atoms with Gasteiger partial charge in [0.05, 0.1) is 6.61 Å². The number of carbonyl (C=O) groups is 1. The summed E-state index contributed by atoms with van der Waals surface area (Å²) in [5.74, 6) is 0.747. The van der Waals surface area contributed by atoms with Crippen LogP contribution in [0, 0.1) is 5.92 Å². The van der Waals surface area contributed by atoms with Gasteiger partial charge in [0.1, 0.15) is 0 Å².